The van der Waals surface area contributed by atoms with Crippen LogP contribution in [0.2, 0.25) is 0 Å². The number of benzene rings is 1. The molecule has 5 heteroatoms. The molecule has 0 aliphatic carbocycles. The van der Waals surface area contributed by atoms with E-state index in [2.05, 4.69) is 5.32 Å². The van der Waals surface area contributed by atoms with Crippen LogP contribution in [-0.2, 0) is 16.0 Å². The molecule has 0 aliphatic heterocycles. The molecule has 0 aromatic heterocycles. The van der Waals surface area contributed by atoms with Crippen molar-refractivity contribution in [1.29, 1.82) is 5.26 Å². The first-order valence-electron chi connectivity index (χ1n) is 6.09. The lowest BCUT2D eigenvalue weighted by Crippen LogP contribution is -2.39. The number of hydrogen-bond donors (Lipinski definition) is 1. The maximum atomic E-state index is 8.55. The van der Waals surface area contributed by atoms with Crippen molar-refractivity contribution in [2.24, 2.45) is 0 Å². The Bertz CT molecular complexity index is 413. The molecule has 0 bridgehead atoms. The number of nitrogens with zero attached hydrogens (tertiary/aromatic N) is 1. The van der Waals surface area contributed by atoms with Crippen LogP contribution >= 0.6 is 0 Å². The molecule has 0 fully saturated rings. The fraction of sp³-hybridized carbons (Fsp3) is 0.500. The van der Waals surface area contributed by atoms with Gasteiger partial charge < -0.3 is 19.5 Å². The molecule has 0 amide bonds. The largest absolute Gasteiger partial charge is 0.478 e. The Hall–Kier alpha value is -1.61. The second-order valence-electron chi connectivity index (χ2n) is 4.06. The van der Waals surface area contributed by atoms with E-state index in [1.807, 2.05) is 37.3 Å². The van der Waals surface area contributed by atoms with Crippen LogP contribution in [0.5, 0.6) is 5.75 Å². The Balaban J connectivity index is 2.59. The highest BCUT2D eigenvalue weighted by atomic mass is 16.7. The number of para-hydroxylation sites is 1. The first-order chi connectivity index (χ1) is 9.22. The summed E-state index contributed by atoms with van der Waals surface area (Å²) in [4.78, 5) is 0. The van der Waals surface area contributed by atoms with Gasteiger partial charge in [-0.05, 0) is 13.0 Å². The zero-order valence-corrected chi connectivity index (χ0v) is 11.6. The molecular formula is C14H20N2O3. The summed E-state index contributed by atoms with van der Waals surface area (Å²) in [6.07, 6.45) is -0.299. The van der Waals surface area contributed by atoms with Crippen LogP contribution in [0, 0.1) is 11.3 Å². The molecule has 104 valence electrons. The fourth-order valence-corrected chi connectivity index (χ4v) is 1.77. The number of nitrogens with one attached hydrogen (secondary N) is 1. The second-order valence-corrected chi connectivity index (χ2v) is 4.06. The number of hydrogen-bond acceptors (Lipinski definition) is 5. The van der Waals surface area contributed by atoms with Gasteiger partial charge in [-0.25, -0.2) is 0 Å². The number of nitriles is 1. The molecule has 1 rings (SSSR count). The molecule has 1 atom stereocenters. The molecule has 1 aromatic carbocycles. The van der Waals surface area contributed by atoms with Gasteiger partial charge in [0.1, 0.15) is 11.8 Å². The third kappa shape index (κ3) is 4.87. The van der Waals surface area contributed by atoms with E-state index < -0.39 is 0 Å². The summed E-state index contributed by atoms with van der Waals surface area (Å²) in [5.74, 6) is 0.718. The van der Waals surface area contributed by atoms with Gasteiger partial charge in [0.25, 0.3) is 0 Å². The SMILES string of the molecule is COC(OC)C(C)NCc1ccccc1OCC#N. The summed E-state index contributed by atoms with van der Waals surface area (Å²) in [5.41, 5.74) is 0.996. The van der Waals surface area contributed by atoms with E-state index in [1.54, 1.807) is 14.2 Å². The standard InChI is InChI=1S/C14H20N2O3/c1-11(14(17-2)18-3)16-10-12-6-4-5-7-13(12)19-9-8-15/h4-7,11,14,16H,9-10H2,1-3H3. The summed E-state index contributed by atoms with van der Waals surface area (Å²) in [7, 11) is 3.21. The Morgan fingerprint density at radius 1 is 1.26 bits per heavy atom. The summed E-state index contributed by atoms with van der Waals surface area (Å²) in [6, 6.07) is 9.63. The Morgan fingerprint density at radius 3 is 2.58 bits per heavy atom. The minimum absolute atomic E-state index is 0.0408. The molecule has 0 saturated heterocycles. The monoisotopic (exact) mass is 264 g/mol. The van der Waals surface area contributed by atoms with Crippen molar-refractivity contribution in [3.63, 3.8) is 0 Å². The first kappa shape index (κ1) is 15.4. The first-order valence-corrected chi connectivity index (χ1v) is 6.09. The van der Waals surface area contributed by atoms with Gasteiger partial charge in [0.2, 0.25) is 0 Å². The lowest BCUT2D eigenvalue weighted by atomic mass is 10.2. The molecular weight excluding hydrogens is 244 g/mol. The second kappa shape index (κ2) is 8.48. The highest BCUT2D eigenvalue weighted by molar-refractivity contribution is 5.33. The third-order valence-corrected chi connectivity index (χ3v) is 2.75. The van der Waals surface area contributed by atoms with E-state index in [9.17, 15) is 0 Å². The van der Waals surface area contributed by atoms with Gasteiger partial charge in [-0.2, -0.15) is 5.26 Å². The molecule has 5 nitrogen and oxygen atoms in total. The molecule has 1 aromatic rings. The summed E-state index contributed by atoms with van der Waals surface area (Å²) < 4.78 is 15.7. The van der Waals surface area contributed by atoms with E-state index in [0.717, 1.165) is 11.3 Å². The number of methoxy groups -OCH3 is 2. The van der Waals surface area contributed by atoms with E-state index in [4.69, 9.17) is 19.5 Å². The summed E-state index contributed by atoms with van der Waals surface area (Å²) in [5, 5.41) is 11.9. The van der Waals surface area contributed by atoms with Gasteiger partial charge in [-0.3, -0.25) is 0 Å². The maximum Gasteiger partial charge on any atom is 0.174 e. The van der Waals surface area contributed by atoms with E-state index in [-0.39, 0.29) is 18.9 Å². The Labute approximate surface area is 114 Å². The van der Waals surface area contributed by atoms with E-state index in [1.165, 1.54) is 0 Å². The molecule has 0 aliphatic rings. The summed E-state index contributed by atoms with van der Waals surface area (Å²) in [6.45, 7) is 2.65. The lowest BCUT2D eigenvalue weighted by Gasteiger charge is -2.22. The van der Waals surface area contributed by atoms with Crippen molar-refractivity contribution < 1.29 is 14.2 Å². The van der Waals surface area contributed by atoms with Gasteiger partial charge in [0.15, 0.2) is 12.9 Å². The average molecular weight is 264 g/mol. The van der Waals surface area contributed by atoms with Crippen molar-refractivity contribution in [2.45, 2.75) is 25.8 Å². The normalized spacial score (nSPS) is 12.2. The van der Waals surface area contributed by atoms with Crippen LogP contribution < -0.4 is 10.1 Å². The number of rotatable bonds is 8. The molecule has 19 heavy (non-hydrogen) atoms. The number of ether oxygens (including phenoxy) is 3. The predicted molar refractivity (Wildman–Crippen MR) is 71.7 cm³/mol. The molecule has 1 N–H and O–H groups in total. The van der Waals surface area contributed by atoms with Crippen LogP contribution in [0.15, 0.2) is 24.3 Å². The third-order valence-electron chi connectivity index (χ3n) is 2.75. The van der Waals surface area contributed by atoms with Crippen molar-refractivity contribution in [1.82, 2.24) is 5.32 Å². The maximum absolute atomic E-state index is 8.55. The fourth-order valence-electron chi connectivity index (χ4n) is 1.77. The van der Waals surface area contributed by atoms with Gasteiger partial charge in [-0.15, -0.1) is 0 Å². The Kier molecular flexibility index (Phi) is 6.90. The molecule has 0 spiro atoms. The summed E-state index contributed by atoms with van der Waals surface area (Å²) >= 11 is 0. The topological polar surface area (TPSA) is 63.5 Å². The van der Waals surface area contributed by atoms with E-state index >= 15 is 0 Å². The molecule has 0 radical (unpaired) electrons. The average Bonchev–Trinajstić information content (AvgIpc) is 2.45. The highest BCUT2D eigenvalue weighted by Crippen LogP contribution is 2.17. The minimum Gasteiger partial charge on any atom is -0.478 e. The lowest BCUT2D eigenvalue weighted by molar-refractivity contribution is -0.119. The van der Waals surface area contributed by atoms with Crippen molar-refractivity contribution >= 4 is 0 Å². The van der Waals surface area contributed by atoms with Gasteiger partial charge in [0, 0.05) is 26.3 Å². The van der Waals surface area contributed by atoms with Crippen LogP contribution in [-0.4, -0.2) is 33.2 Å². The van der Waals surface area contributed by atoms with Crippen LogP contribution in [0.25, 0.3) is 0 Å². The Morgan fingerprint density at radius 2 is 1.95 bits per heavy atom. The van der Waals surface area contributed by atoms with E-state index in [0.29, 0.717) is 6.54 Å². The minimum atomic E-state index is -0.299. The van der Waals surface area contributed by atoms with Gasteiger partial charge in [0.05, 0.1) is 6.04 Å². The van der Waals surface area contributed by atoms with Crippen LogP contribution in [0.4, 0.5) is 0 Å². The van der Waals surface area contributed by atoms with Crippen molar-refractivity contribution in [2.75, 3.05) is 20.8 Å². The van der Waals surface area contributed by atoms with Crippen molar-refractivity contribution in [3.8, 4) is 11.8 Å². The molecule has 0 saturated carbocycles. The van der Waals surface area contributed by atoms with Crippen LogP contribution in [0.1, 0.15) is 12.5 Å². The smallest absolute Gasteiger partial charge is 0.174 e. The van der Waals surface area contributed by atoms with Crippen molar-refractivity contribution in [3.05, 3.63) is 29.8 Å². The van der Waals surface area contributed by atoms with Gasteiger partial charge in [-0.1, -0.05) is 18.2 Å². The zero-order valence-electron chi connectivity index (χ0n) is 11.6. The van der Waals surface area contributed by atoms with Gasteiger partial charge >= 0.3 is 0 Å². The quantitative estimate of drug-likeness (QED) is 0.724. The predicted octanol–water partition coefficient (Wildman–Crippen LogP) is 1.69. The molecule has 0 heterocycles. The molecule has 1 unspecified atom stereocenters. The zero-order chi connectivity index (χ0) is 14.1. The highest BCUT2D eigenvalue weighted by Gasteiger charge is 2.15. The van der Waals surface area contributed by atoms with Crippen LogP contribution in [0.3, 0.4) is 0 Å².